The monoisotopic (exact) mass is 644 g/mol. The largest absolute Gasteiger partial charge is 0.468 e. The predicted octanol–water partition coefficient (Wildman–Crippen LogP) is 9.56. The summed E-state index contributed by atoms with van der Waals surface area (Å²) in [6.45, 7) is 0.331. The highest BCUT2D eigenvalue weighted by Gasteiger charge is 2.31. The summed E-state index contributed by atoms with van der Waals surface area (Å²) in [5.74, 6) is -0.354. The molecule has 1 heterocycles. The summed E-state index contributed by atoms with van der Waals surface area (Å²) in [4.78, 5) is 13.9. The molecule has 4 aromatic carbocycles. The lowest BCUT2D eigenvalue weighted by Gasteiger charge is -2.34. The lowest BCUT2D eigenvalue weighted by molar-refractivity contribution is -0.143. The van der Waals surface area contributed by atoms with Crippen LogP contribution in [0.15, 0.2) is 89.8 Å². The maximum Gasteiger partial charge on any atom is 0.323 e. The number of fused-ring (bicyclic) bond motifs is 1. The molecule has 0 fully saturated rings. The van der Waals surface area contributed by atoms with Gasteiger partial charge in [-0.05, 0) is 66.4 Å². The quantitative estimate of drug-likeness (QED) is 0.178. The number of hydrogen-bond acceptors (Lipinski definition) is 5. The molecular formula is C32H28Cl4N2O2S. The van der Waals surface area contributed by atoms with Crippen LogP contribution in [0.2, 0.25) is 20.1 Å². The Bertz CT molecular complexity index is 1500. The molecule has 1 aliphatic rings. The minimum absolute atomic E-state index is 0.0550. The Morgan fingerprint density at radius 2 is 1.59 bits per heavy atom. The van der Waals surface area contributed by atoms with Crippen LogP contribution < -0.4 is 10.6 Å². The average Bonchev–Trinajstić information content (AvgIpc) is 2.96. The van der Waals surface area contributed by atoms with E-state index in [4.69, 9.17) is 51.1 Å². The summed E-state index contributed by atoms with van der Waals surface area (Å²) >= 11 is 27.8. The third-order valence-electron chi connectivity index (χ3n) is 7.12. The molecule has 0 saturated carbocycles. The number of ether oxygens (including phenoxy) is 1. The van der Waals surface area contributed by atoms with Gasteiger partial charge < -0.3 is 10.1 Å². The van der Waals surface area contributed by atoms with Crippen molar-refractivity contribution in [3.8, 4) is 0 Å². The average molecular weight is 646 g/mol. The molecule has 0 bridgehead atoms. The smallest absolute Gasteiger partial charge is 0.323 e. The fraction of sp³-hybridized carbons (Fsp3) is 0.219. The van der Waals surface area contributed by atoms with Gasteiger partial charge in [0.1, 0.15) is 6.04 Å². The van der Waals surface area contributed by atoms with Crippen molar-refractivity contribution in [3.63, 3.8) is 0 Å². The van der Waals surface area contributed by atoms with Crippen molar-refractivity contribution in [2.24, 2.45) is 0 Å². The van der Waals surface area contributed by atoms with Crippen LogP contribution in [0.1, 0.15) is 40.0 Å². The van der Waals surface area contributed by atoms with Gasteiger partial charge in [0, 0.05) is 53.6 Å². The summed E-state index contributed by atoms with van der Waals surface area (Å²) in [5, 5.41) is 9.46. The van der Waals surface area contributed by atoms with Gasteiger partial charge in [-0.25, -0.2) is 0 Å². The molecule has 3 atom stereocenters. The second-order valence-corrected chi connectivity index (χ2v) is 12.7. The fourth-order valence-electron chi connectivity index (χ4n) is 5.08. The van der Waals surface area contributed by atoms with E-state index in [1.54, 1.807) is 30.0 Å². The van der Waals surface area contributed by atoms with Crippen molar-refractivity contribution in [2.75, 3.05) is 12.4 Å². The van der Waals surface area contributed by atoms with Gasteiger partial charge >= 0.3 is 5.97 Å². The lowest BCUT2D eigenvalue weighted by Crippen LogP contribution is -2.39. The third kappa shape index (κ3) is 7.16. The minimum atomic E-state index is -0.586. The zero-order valence-electron chi connectivity index (χ0n) is 22.2. The number of benzene rings is 4. The van der Waals surface area contributed by atoms with Crippen molar-refractivity contribution in [2.45, 2.75) is 41.6 Å². The number of halogens is 4. The number of esters is 1. The van der Waals surface area contributed by atoms with Crippen LogP contribution >= 0.6 is 58.2 Å². The zero-order chi connectivity index (χ0) is 28.9. The number of carbonyl (C=O) groups excluding carboxylic acids is 1. The van der Waals surface area contributed by atoms with E-state index in [-0.39, 0.29) is 17.3 Å². The molecule has 2 N–H and O–H groups in total. The van der Waals surface area contributed by atoms with E-state index in [2.05, 4.69) is 34.9 Å². The Labute approximate surface area is 264 Å². The first-order valence-electron chi connectivity index (χ1n) is 13.1. The second-order valence-electron chi connectivity index (χ2n) is 9.77. The summed E-state index contributed by atoms with van der Waals surface area (Å²) in [6.07, 6.45) is 1.22. The number of rotatable bonds is 9. The molecule has 3 unspecified atom stereocenters. The van der Waals surface area contributed by atoms with Crippen LogP contribution in [0.3, 0.4) is 0 Å². The standard InChI is InChI=1S/C32H28Cl4N2O2S/c1-40-32(39)29(37-18-22-23(33)9-5-10-24(22)34)16-19-13-14-27-21(15-19)30(41-20-7-3-2-4-8-20)17-28(38-27)31-25(35)11-6-12-26(31)36/h2-15,28-30,37-38H,16-18H2,1H3. The van der Waals surface area contributed by atoms with Crippen LogP contribution in [0, 0.1) is 0 Å². The van der Waals surface area contributed by atoms with Crippen molar-refractivity contribution in [1.82, 2.24) is 5.32 Å². The summed E-state index contributed by atoms with van der Waals surface area (Å²) < 4.78 is 5.12. The van der Waals surface area contributed by atoms with Crippen molar-refractivity contribution in [3.05, 3.63) is 127 Å². The number of thioether (sulfide) groups is 1. The normalized spacial score (nSPS) is 16.9. The molecule has 0 aromatic heterocycles. The van der Waals surface area contributed by atoms with Crippen LogP contribution in [0.4, 0.5) is 5.69 Å². The van der Waals surface area contributed by atoms with Crippen LogP contribution in [-0.4, -0.2) is 19.1 Å². The number of methoxy groups -OCH3 is 1. The van der Waals surface area contributed by atoms with Gasteiger partial charge in [-0.2, -0.15) is 0 Å². The maximum atomic E-state index is 12.8. The van der Waals surface area contributed by atoms with Crippen molar-refractivity contribution in [1.29, 1.82) is 0 Å². The first-order chi connectivity index (χ1) is 19.8. The Kier molecular flexibility index (Phi) is 10.1. The molecular weight excluding hydrogens is 618 g/mol. The van der Waals surface area contributed by atoms with Gasteiger partial charge in [0.05, 0.1) is 13.2 Å². The van der Waals surface area contributed by atoms with Gasteiger partial charge in [0.25, 0.3) is 0 Å². The Hall–Kier alpha value is -2.38. The van der Waals surface area contributed by atoms with Crippen LogP contribution in [0.5, 0.6) is 0 Å². The maximum absolute atomic E-state index is 12.8. The molecule has 0 amide bonds. The molecule has 212 valence electrons. The number of nitrogens with one attached hydrogen (secondary N) is 2. The Balaban J connectivity index is 1.43. The predicted molar refractivity (Wildman–Crippen MR) is 172 cm³/mol. The summed E-state index contributed by atoms with van der Waals surface area (Å²) in [6, 6.07) is 26.9. The second kappa shape index (κ2) is 13.7. The highest BCUT2D eigenvalue weighted by atomic mass is 35.5. The number of carbonyl (C=O) groups is 1. The Morgan fingerprint density at radius 3 is 2.24 bits per heavy atom. The molecule has 9 heteroatoms. The van der Waals surface area contributed by atoms with Crippen LogP contribution in [0.25, 0.3) is 0 Å². The zero-order valence-corrected chi connectivity index (χ0v) is 26.0. The molecule has 4 aromatic rings. The molecule has 41 heavy (non-hydrogen) atoms. The third-order valence-corrected chi connectivity index (χ3v) is 9.77. The fourth-order valence-corrected chi connectivity index (χ4v) is 7.52. The van der Waals surface area contributed by atoms with E-state index < -0.39 is 6.04 Å². The molecule has 1 aliphatic heterocycles. The Morgan fingerprint density at radius 1 is 0.927 bits per heavy atom. The van der Waals surface area contributed by atoms with Gasteiger partial charge in [0.2, 0.25) is 0 Å². The minimum Gasteiger partial charge on any atom is -0.468 e. The molecule has 0 aliphatic carbocycles. The van der Waals surface area contributed by atoms with E-state index in [0.717, 1.165) is 34.4 Å². The molecule has 0 saturated heterocycles. The molecule has 4 nitrogen and oxygen atoms in total. The topological polar surface area (TPSA) is 50.4 Å². The lowest BCUT2D eigenvalue weighted by atomic mass is 9.91. The van der Waals surface area contributed by atoms with E-state index in [1.807, 2.05) is 42.5 Å². The summed E-state index contributed by atoms with van der Waals surface area (Å²) in [7, 11) is 1.39. The van der Waals surface area contributed by atoms with E-state index >= 15 is 0 Å². The van der Waals surface area contributed by atoms with E-state index in [1.165, 1.54) is 12.0 Å². The van der Waals surface area contributed by atoms with Gasteiger partial charge in [-0.3, -0.25) is 10.1 Å². The molecule has 5 rings (SSSR count). The first kappa shape index (κ1) is 30.1. The SMILES string of the molecule is COC(=O)C(Cc1ccc2c(c1)C(Sc1ccccc1)CC(c1c(Cl)cccc1Cl)N2)NCc1c(Cl)cccc1Cl. The number of hydrogen-bond donors (Lipinski definition) is 2. The van der Waals surface area contributed by atoms with Crippen molar-refractivity contribution >= 4 is 69.8 Å². The van der Waals surface area contributed by atoms with E-state index in [9.17, 15) is 4.79 Å². The van der Waals surface area contributed by atoms with Crippen molar-refractivity contribution < 1.29 is 9.53 Å². The van der Waals surface area contributed by atoms with Gasteiger partial charge in [0.15, 0.2) is 0 Å². The first-order valence-corrected chi connectivity index (χ1v) is 15.5. The molecule has 0 spiro atoms. The highest BCUT2D eigenvalue weighted by molar-refractivity contribution is 7.99. The van der Waals surface area contributed by atoms with E-state index in [0.29, 0.717) is 33.1 Å². The van der Waals surface area contributed by atoms with Crippen LogP contribution in [-0.2, 0) is 22.5 Å². The molecule has 0 radical (unpaired) electrons. The number of anilines is 1. The summed E-state index contributed by atoms with van der Waals surface area (Å²) in [5.41, 5.74) is 4.82. The highest BCUT2D eigenvalue weighted by Crippen LogP contribution is 2.50. The van der Waals surface area contributed by atoms with Gasteiger partial charge in [-0.1, -0.05) is 88.9 Å². The van der Waals surface area contributed by atoms with Gasteiger partial charge in [-0.15, -0.1) is 11.8 Å².